The predicted octanol–water partition coefficient (Wildman–Crippen LogP) is 0.332. The standard InChI is InChI=1S/C16H23N3O4S/c1-13(20)14-4-3-5-15(12-14)24(22,23)17-7-6-16(21)19-10-8-18(2)9-11-19/h3-5,12,17H,6-11H2,1-2H3. The van der Waals surface area contributed by atoms with E-state index in [0.29, 0.717) is 18.7 Å². The number of sulfonamides is 1. The molecule has 24 heavy (non-hydrogen) atoms. The van der Waals surface area contributed by atoms with Gasteiger partial charge in [-0.15, -0.1) is 0 Å². The van der Waals surface area contributed by atoms with Gasteiger partial charge in [-0.2, -0.15) is 0 Å². The number of amides is 1. The molecule has 1 fully saturated rings. The van der Waals surface area contributed by atoms with Crippen molar-refractivity contribution in [1.29, 1.82) is 0 Å². The van der Waals surface area contributed by atoms with Crippen LogP contribution in [0.4, 0.5) is 0 Å². The van der Waals surface area contributed by atoms with Gasteiger partial charge in [-0.1, -0.05) is 12.1 Å². The molecule has 1 N–H and O–H groups in total. The maximum absolute atomic E-state index is 12.3. The molecule has 1 aromatic rings. The highest BCUT2D eigenvalue weighted by Gasteiger charge is 2.20. The number of rotatable bonds is 6. The monoisotopic (exact) mass is 353 g/mol. The van der Waals surface area contributed by atoms with Crippen LogP contribution < -0.4 is 4.72 Å². The van der Waals surface area contributed by atoms with Crippen LogP contribution in [0.15, 0.2) is 29.2 Å². The summed E-state index contributed by atoms with van der Waals surface area (Å²) in [5.41, 5.74) is 0.339. The number of Topliss-reactive ketones (excluding diaryl/α,β-unsaturated/α-hetero) is 1. The van der Waals surface area contributed by atoms with Crippen LogP contribution in [0.3, 0.4) is 0 Å². The molecule has 0 saturated carbocycles. The molecule has 0 radical (unpaired) electrons. The van der Waals surface area contributed by atoms with Crippen LogP contribution in [0.2, 0.25) is 0 Å². The average Bonchev–Trinajstić information content (AvgIpc) is 2.55. The fraction of sp³-hybridized carbons (Fsp3) is 0.500. The zero-order chi connectivity index (χ0) is 17.7. The lowest BCUT2D eigenvalue weighted by Gasteiger charge is -2.32. The summed E-state index contributed by atoms with van der Waals surface area (Å²) < 4.78 is 26.9. The third-order valence-corrected chi connectivity index (χ3v) is 5.50. The lowest BCUT2D eigenvalue weighted by atomic mass is 10.2. The Morgan fingerprint density at radius 2 is 1.83 bits per heavy atom. The number of piperazine rings is 1. The molecule has 1 aromatic carbocycles. The van der Waals surface area contributed by atoms with Gasteiger partial charge in [0.2, 0.25) is 15.9 Å². The molecule has 132 valence electrons. The normalized spacial score (nSPS) is 16.2. The maximum atomic E-state index is 12.3. The molecular weight excluding hydrogens is 330 g/mol. The Hall–Kier alpha value is -1.77. The van der Waals surface area contributed by atoms with Crippen LogP contribution in [0.5, 0.6) is 0 Å². The van der Waals surface area contributed by atoms with Gasteiger partial charge in [0, 0.05) is 44.7 Å². The van der Waals surface area contributed by atoms with Gasteiger partial charge < -0.3 is 9.80 Å². The van der Waals surface area contributed by atoms with Crippen molar-refractivity contribution in [2.45, 2.75) is 18.2 Å². The highest BCUT2D eigenvalue weighted by Crippen LogP contribution is 2.12. The fourth-order valence-electron chi connectivity index (χ4n) is 2.47. The van der Waals surface area contributed by atoms with Gasteiger partial charge in [0.25, 0.3) is 0 Å². The first kappa shape index (κ1) is 18.6. The highest BCUT2D eigenvalue weighted by atomic mass is 32.2. The van der Waals surface area contributed by atoms with Crippen molar-refractivity contribution in [3.05, 3.63) is 29.8 Å². The van der Waals surface area contributed by atoms with Crippen LogP contribution in [0.1, 0.15) is 23.7 Å². The molecule has 2 rings (SSSR count). The Morgan fingerprint density at radius 3 is 2.46 bits per heavy atom. The predicted molar refractivity (Wildman–Crippen MR) is 90.3 cm³/mol. The SMILES string of the molecule is CC(=O)c1cccc(S(=O)(=O)NCCC(=O)N2CCN(C)CC2)c1. The van der Waals surface area contributed by atoms with Crippen LogP contribution in [-0.4, -0.2) is 69.7 Å². The molecule has 0 atom stereocenters. The molecule has 0 bridgehead atoms. The van der Waals surface area contributed by atoms with Crippen LogP contribution in [-0.2, 0) is 14.8 Å². The molecule has 1 amide bonds. The van der Waals surface area contributed by atoms with Crippen molar-refractivity contribution in [2.75, 3.05) is 39.8 Å². The van der Waals surface area contributed by atoms with E-state index in [1.54, 1.807) is 11.0 Å². The van der Waals surface area contributed by atoms with E-state index >= 15 is 0 Å². The van der Waals surface area contributed by atoms with E-state index < -0.39 is 10.0 Å². The van der Waals surface area contributed by atoms with Crippen LogP contribution in [0.25, 0.3) is 0 Å². The summed E-state index contributed by atoms with van der Waals surface area (Å²) in [5, 5.41) is 0. The molecule has 0 aliphatic carbocycles. The Labute approximate surface area is 142 Å². The molecule has 0 aromatic heterocycles. The van der Waals surface area contributed by atoms with Gasteiger partial charge in [-0.25, -0.2) is 13.1 Å². The van der Waals surface area contributed by atoms with Gasteiger partial charge in [-0.05, 0) is 26.1 Å². The summed E-state index contributed by atoms with van der Waals surface area (Å²) in [4.78, 5) is 27.4. The van der Waals surface area contributed by atoms with Crippen molar-refractivity contribution in [3.63, 3.8) is 0 Å². The second-order valence-electron chi connectivity index (χ2n) is 5.92. The summed E-state index contributed by atoms with van der Waals surface area (Å²) in [5.74, 6) is -0.249. The molecule has 7 nitrogen and oxygen atoms in total. The fourth-order valence-corrected chi connectivity index (χ4v) is 3.55. The number of nitrogens with one attached hydrogen (secondary N) is 1. The summed E-state index contributed by atoms with van der Waals surface area (Å²) in [7, 11) is -1.73. The highest BCUT2D eigenvalue weighted by molar-refractivity contribution is 7.89. The number of ketones is 1. The maximum Gasteiger partial charge on any atom is 0.240 e. The number of hydrogen-bond donors (Lipinski definition) is 1. The van der Waals surface area contributed by atoms with Gasteiger partial charge in [-0.3, -0.25) is 9.59 Å². The number of nitrogens with zero attached hydrogens (tertiary/aromatic N) is 2. The summed E-state index contributed by atoms with van der Waals surface area (Å²) >= 11 is 0. The summed E-state index contributed by atoms with van der Waals surface area (Å²) in [6, 6.07) is 5.86. The lowest BCUT2D eigenvalue weighted by molar-refractivity contribution is -0.132. The Bertz CT molecular complexity index is 710. The van der Waals surface area contributed by atoms with E-state index in [0.717, 1.165) is 13.1 Å². The van der Waals surface area contributed by atoms with E-state index in [1.807, 2.05) is 7.05 Å². The van der Waals surface area contributed by atoms with Gasteiger partial charge >= 0.3 is 0 Å². The van der Waals surface area contributed by atoms with E-state index in [4.69, 9.17) is 0 Å². The topological polar surface area (TPSA) is 86.8 Å². The number of carbonyl (C=O) groups excluding carboxylic acids is 2. The Morgan fingerprint density at radius 1 is 1.17 bits per heavy atom. The number of likely N-dealkylation sites (N-methyl/N-ethyl adjacent to an activating group) is 1. The average molecular weight is 353 g/mol. The molecule has 1 heterocycles. The molecular formula is C16H23N3O4S. The quantitative estimate of drug-likeness (QED) is 0.745. The summed E-state index contributed by atoms with van der Waals surface area (Å²) in [6.45, 7) is 4.42. The summed E-state index contributed by atoms with van der Waals surface area (Å²) in [6.07, 6.45) is 0.120. The van der Waals surface area contributed by atoms with Gasteiger partial charge in [0.1, 0.15) is 0 Å². The zero-order valence-electron chi connectivity index (χ0n) is 14.0. The number of hydrogen-bond acceptors (Lipinski definition) is 5. The third-order valence-electron chi connectivity index (χ3n) is 4.04. The van der Waals surface area contributed by atoms with Crippen molar-refractivity contribution >= 4 is 21.7 Å². The minimum absolute atomic E-state index is 0.0299. The van der Waals surface area contributed by atoms with Crippen molar-refractivity contribution in [1.82, 2.24) is 14.5 Å². The largest absolute Gasteiger partial charge is 0.340 e. The molecule has 0 unspecified atom stereocenters. The minimum atomic E-state index is -3.73. The number of carbonyl (C=O) groups is 2. The minimum Gasteiger partial charge on any atom is -0.340 e. The van der Waals surface area contributed by atoms with Crippen molar-refractivity contribution < 1.29 is 18.0 Å². The van der Waals surface area contributed by atoms with E-state index in [9.17, 15) is 18.0 Å². The van der Waals surface area contributed by atoms with Crippen molar-refractivity contribution in [2.24, 2.45) is 0 Å². The Kier molecular flexibility index (Phi) is 6.09. The first-order valence-electron chi connectivity index (χ1n) is 7.86. The lowest BCUT2D eigenvalue weighted by Crippen LogP contribution is -2.47. The second-order valence-corrected chi connectivity index (χ2v) is 7.68. The van der Waals surface area contributed by atoms with Crippen LogP contribution in [0, 0.1) is 0 Å². The van der Waals surface area contributed by atoms with Gasteiger partial charge in [0.15, 0.2) is 5.78 Å². The van der Waals surface area contributed by atoms with E-state index in [2.05, 4.69) is 9.62 Å². The zero-order valence-corrected chi connectivity index (χ0v) is 14.8. The second kappa shape index (κ2) is 7.87. The van der Waals surface area contributed by atoms with Crippen LogP contribution >= 0.6 is 0 Å². The van der Waals surface area contributed by atoms with Gasteiger partial charge in [0.05, 0.1) is 4.90 Å². The molecule has 8 heteroatoms. The molecule has 0 spiro atoms. The van der Waals surface area contributed by atoms with E-state index in [1.165, 1.54) is 25.1 Å². The first-order valence-corrected chi connectivity index (χ1v) is 9.35. The molecule has 1 saturated heterocycles. The van der Waals surface area contributed by atoms with Crippen molar-refractivity contribution in [3.8, 4) is 0 Å². The Balaban J connectivity index is 1.90. The number of benzene rings is 1. The van der Waals surface area contributed by atoms with E-state index in [-0.39, 0.29) is 29.6 Å². The third kappa shape index (κ3) is 4.86. The smallest absolute Gasteiger partial charge is 0.240 e. The molecule has 1 aliphatic rings. The first-order chi connectivity index (χ1) is 11.3. The molecule has 1 aliphatic heterocycles.